The molecule has 4 rings (SSSR count). The molecule has 25 heavy (non-hydrogen) atoms. The van der Waals surface area contributed by atoms with E-state index in [0.717, 1.165) is 24.1 Å². The van der Waals surface area contributed by atoms with E-state index in [1.165, 1.54) is 24.0 Å². The van der Waals surface area contributed by atoms with Crippen molar-refractivity contribution >= 4 is 17.6 Å². The second kappa shape index (κ2) is 6.71. The summed E-state index contributed by atoms with van der Waals surface area (Å²) in [5, 5.41) is 3.44. The van der Waals surface area contributed by atoms with Crippen LogP contribution in [-0.2, 0) is 12.8 Å². The fourth-order valence-electron chi connectivity index (χ4n) is 3.62. The maximum absolute atomic E-state index is 12.9. The number of aryl methyl sites for hydroxylation is 2. The Labute approximate surface area is 148 Å². The number of amides is 1. The molecule has 1 heterocycles. The summed E-state index contributed by atoms with van der Waals surface area (Å²) in [5.74, 6) is 0.679. The number of aliphatic imine (C=N–C) groups is 1. The van der Waals surface area contributed by atoms with Crippen LogP contribution in [0.3, 0.4) is 0 Å². The predicted octanol–water partition coefficient (Wildman–Crippen LogP) is 3.80. The van der Waals surface area contributed by atoms with Crippen molar-refractivity contribution < 1.29 is 4.79 Å². The normalized spacial score (nSPS) is 16.4. The molecule has 0 radical (unpaired) electrons. The number of anilines is 1. The first-order valence-electron chi connectivity index (χ1n) is 9.03. The molecular formula is C21H23N3O. The third-order valence-corrected chi connectivity index (χ3v) is 5.03. The van der Waals surface area contributed by atoms with Crippen LogP contribution in [0.4, 0.5) is 5.69 Å². The summed E-state index contributed by atoms with van der Waals surface area (Å²) in [4.78, 5) is 19.1. The van der Waals surface area contributed by atoms with E-state index < -0.39 is 0 Å². The number of hydrogen-bond acceptors (Lipinski definition) is 3. The number of rotatable bonds is 2. The summed E-state index contributed by atoms with van der Waals surface area (Å²) in [7, 11) is 0. The Balaban J connectivity index is 1.56. The molecule has 4 heteroatoms. The highest BCUT2D eigenvalue weighted by molar-refractivity contribution is 6.10. The van der Waals surface area contributed by atoms with Gasteiger partial charge in [-0.3, -0.25) is 14.7 Å². The summed E-state index contributed by atoms with van der Waals surface area (Å²) in [6, 6.07) is 14.1. The molecule has 0 spiro atoms. The highest BCUT2D eigenvalue weighted by Gasteiger charge is 2.26. The molecule has 1 aliphatic carbocycles. The van der Waals surface area contributed by atoms with Crippen molar-refractivity contribution in [1.29, 1.82) is 0 Å². The van der Waals surface area contributed by atoms with Crippen molar-refractivity contribution in [2.24, 2.45) is 4.99 Å². The molecule has 2 aromatic rings. The molecule has 4 nitrogen and oxygen atoms in total. The van der Waals surface area contributed by atoms with E-state index >= 15 is 0 Å². The third kappa shape index (κ3) is 3.16. The van der Waals surface area contributed by atoms with Crippen molar-refractivity contribution in [2.75, 3.05) is 18.4 Å². The number of benzene rings is 2. The van der Waals surface area contributed by atoms with Crippen LogP contribution < -0.4 is 5.32 Å². The van der Waals surface area contributed by atoms with Gasteiger partial charge in [0, 0.05) is 17.8 Å². The average molecular weight is 333 g/mol. The monoisotopic (exact) mass is 333 g/mol. The van der Waals surface area contributed by atoms with Crippen molar-refractivity contribution in [3.8, 4) is 0 Å². The second-order valence-electron chi connectivity index (χ2n) is 6.80. The van der Waals surface area contributed by atoms with E-state index in [1.807, 2.05) is 31.2 Å². The van der Waals surface area contributed by atoms with Gasteiger partial charge in [0.2, 0.25) is 5.96 Å². The van der Waals surface area contributed by atoms with Gasteiger partial charge in [-0.1, -0.05) is 29.8 Å². The molecule has 0 aromatic heterocycles. The smallest absolute Gasteiger partial charge is 0.260 e. The zero-order chi connectivity index (χ0) is 17.2. The van der Waals surface area contributed by atoms with Crippen molar-refractivity contribution in [3.05, 3.63) is 64.7 Å². The van der Waals surface area contributed by atoms with Gasteiger partial charge in [0.05, 0.1) is 6.54 Å². The SMILES string of the molecule is Cc1ccc(C(=O)N2CCN=C2Nc2cccc3c2CCCC3)cc1. The summed E-state index contributed by atoms with van der Waals surface area (Å²) in [6.07, 6.45) is 4.72. The minimum atomic E-state index is 0.00792. The maximum Gasteiger partial charge on any atom is 0.260 e. The van der Waals surface area contributed by atoms with Gasteiger partial charge in [0.15, 0.2) is 0 Å². The lowest BCUT2D eigenvalue weighted by Gasteiger charge is -2.23. The van der Waals surface area contributed by atoms with Crippen LogP contribution in [0.25, 0.3) is 0 Å². The van der Waals surface area contributed by atoms with E-state index in [-0.39, 0.29) is 5.91 Å². The zero-order valence-corrected chi connectivity index (χ0v) is 14.6. The predicted molar refractivity (Wildman–Crippen MR) is 101 cm³/mol. The van der Waals surface area contributed by atoms with Crippen LogP contribution in [0.5, 0.6) is 0 Å². The standard InChI is InChI=1S/C21H23N3O/c1-15-9-11-17(12-10-15)20(25)24-14-13-22-21(24)23-19-8-4-6-16-5-2-3-7-18(16)19/h4,6,8-12H,2-3,5,7,13-14H2,1H3,(H,22,23). The number of fused-ring (bicyclic) bond motifs is 1. The molecule has 0 unspecified atom stereocenters. The quantitative estimate of drug-likeness (QED) is 0.908. The Kier molecular flexibility index (Phi) is 4.26. The highest BCUT2D eigenvalue weighted by Crippen LogP contribution is 2.28. The van der Waals surface area contributed by atoms with Crippen LogP contribution in [0.15, 0.2) is 47.5 Å². The Morgan fingerprint density at radius 2 is 1.88 bits per heavy atom. The van der Waals surface area contributed by atoms with Crippen molar-refractivity contribution in [1.82, 2.24) is 4.90 Å². The zero-order valence-electron chi connectivity index (χ0n) is 14.6. The van der Waals surface area contributed by atoms with Crippen LogP contribution in [0, 0.1) is 6.92 Å². The lowest BCUT2D eigenvalue weighted by atomic mass is 9.90. The van der Waals surface area contributed by atoms with E-state index in [9.17, 15) is 4.79 Å². The summed E-state index contributed by atoms with van der Waals surface area (Å²) >= 11 is 0. The minimum Gasteiger partial charge on any atom is -0.326 e. The third-order valence-electron chi connectivity index (χ3n) is 5.03. The first kappa shape index (κ1) is 15.9. The number of carbonyl (C=O) groups is 1. The molecule has 0 atom stereocenters. The average Bonchev–Trinajstić information content (AvgIpc) is 3.10. The van der Waals surface area contributed by atoms with Gasteiger partial charge in [0.1, 0.15) is 0 Å². The molecule has 0 saturated carbocycles. The minimum absolute atomic E-state index is 0.00792. The van der Waals surface area contributed by atoms with Crippen LogP contribution in [-0.4, -0.2) is 29.9 Å². The van der Waals surface area contributed by atoms with Crippen molar-refractivity contribution in [2.45, 2.75) is 32.6 Å². The van der Waals surface area contributed by atoms with Gasteiger partial charge in [-0.15, -0.1) is 0 Å². The molecule has 1 aliphatic heterocycles. The Morgan fingerprint density at radius 1 is 1.08 bits per heavy atom. The molecule has 0 fully saturated rings. The lowest BCUT2D eigenvalue weighted by Crippen LogP contribution is -2.38. The molecule has 2 aromatic carbocycles. The molecule has 128 valence electrons. The fraction of sp³-hybridized carbons (Fsp3) is 0.333. The van der Waals surface area contributed by atoms with Crippen LogP contribution >= 0.6 is 0 Å². The topological polar surface area (TPSA) is 44.7 Å². The summed E-state index contributed by atoms with van der Waals surface area (Å²) < 4.78 is 0. The molecule has 0 saturated heterocycles. The lowest BCUT2D eigenvalue weighted by molar-refractivity contribution is 0.0858. The van der Waals surface area contributed by atoms with Gasteiger partial charge in [0.25, 0.3) is 5.91 Å². The van der Waals surface area contributed by atoms with Gasteiger partial charge in [-0.25, -0.2) is 0 Å². The van der Waals surface area contributed by atoms with Gasteiger partial charge < -0.3 is 5.32 Å². The number of guanidine groups is 1. The summed E-state index contributed by atoms with van der Waals surface area (Å²) in [6.45, 7) is 3.30. The van der Waals surface area contributed by atoms with E-state index in [4.69, 9.17) is 0 Å². The van der Waals surface area contributed by atoms with Crippen molar-refractivity contribution in [3.63, 3.8) is 0 Å². The van der Waals surface area contributed by atoms with Gasteiger partial charge >= 0.3 is 0 Å². The van der Waals surface area contributed by atoms with E-state index in [1.54, 1.807) is 4.90 Å². The fourth-order valence-corrected chi connectivity index (χ4v) is 3.62. The largest absolute Gasteiger partial charge is 0.326 e. The molecule has 1 N–H and O–H groups in total. The Bertz CT molecular complexity index is 824. The van der Waals surface area contributed by atoms with E-state index in [0.29, 0.717) is 24.6 Å². The maximum atomic E-state index is 12.9. The molecule has 1 amide bonds. The van der Waals surface area contributed by atoms with Gasteiger partial charge in [-0.05, 0) is 61.9 Å². The number of carbonyl (C=O) groups excluding carboxylic acids is 1. The summed E-state index contributed by atoms with van der Waals surface area (Å²) in [5.41, 5.74) is 5.76. The first-order valence-corrected chi connectivity index (χ1v) is 9.03. The Morgan fingerprint density at radius 3 is 2.72 bits per heavy atom. The number of nitrogens with zero attached hydrogens (tertiary/aromatic N) is 2. The molecular weight excluding hydrogens is 310 g/mol. The number of hydrogen-bond donors (Lipinski definition) is 1. The number of nitrogens with one attached hydrogen (secondary N) is 1. The van der Waals surface area contributed by atoms with E-state index in [2.05, 4.69) is 28.5 Å². The van der Waals surface area contributed by atoms with Crippen LogP contribution in [0.1, 0.15) is 39.9 Å². The van der Waals surface area contributed by atoms with Crippen LogP contribution in [0.2, 0.25) is 0 Å². The molecule has 2 aliphatic rings. The second-order valence-corrected chi connectivity index (χ2v) is 6.80. The Hall–Kier alpha value is -2.62. The van der Waals surface area contributed by atoms with Gasteiger partial charge in [-0.2, -0.15) is 0 Å². The first-order chi connectivity index (χ1) is 12.2. The highest BCUT2D eigenvalue weighted by atomic mass is 16.2. The molecule has 0 bridgehead atoms.